The number of pyridine rings is 1. The van der Waals surface area contributed by atoms with Gasteiger partial charge in [-0.05, 0) is 61.4 Å². The number of fused-ring (bicyclic) bond motifs is 1. The van der Waals surface area contributed by atoms with Gasteiger partial charge in [-0.2, -0.15) is 0 Å². The van der Waals surface area contributed by atoms with Gasteiger partial charge in [-0.15, -0.1) is 0 Å². The first kappa shape index (κ1) is 27.1. The van der Waals surface area contributed by atoms with Gasteiger partial charge < -0.3 is 19.7 Å². The highest BCUT2D eigenvalue weighted by atomic mass is 32.2. The van der Waals surface area contributed by atoms with Crippen molar-refractivity contribution in [3.8, 4) is 11.5 Å². The fourth-order valence-electron chi connectivity index (χ4n) is 4.28. The number of hydrogen-bond donors (Lipinski definition) is 1. The third-order valence-corrected chi connectivity index (χ3v) is 6.90. The Kier molecular flexibility index (Phi) is 8.20. The lowest BCUT2D eigenvalue weighted by atomic mass is 10.0. The summed E-state index contributed by atoms with van der Waals surface area (Å²) in [6, 6.07) is 14.9. The number of nitrogens with zero attached hydrogens (tertiary/aromatic N) is 4. The summed E-state index contributed by atoms with van der Waals surface area (Å²) in [4.78, 5) is 42.1. The van der Waals surface area contributed by atoms with Crippen LogP contribution in [0.15, 0.2) is 78.2 Å². The average molecular weight is 560 g/mol. The predicted molar refractivity (Wildman–Crippen MR) is 147 cm³/mol. The maximum absolute atomic E-state index is 13.9. The Bertz CT molecular complexity index is 1500. The number of ether oxygens (including phenoxy) is 2. The van der Waals surface area contributed by atoms with Crippen LogP contribution in [0.3, 0.4) is 0 Å². The van der Waals surface area contributed by atoms with Crippen molar-refractivity contribution in [3.05, 3.63) is 101 Å². The molecular formula is C29H26FN5O4S. The van der Waals surface area contributed by atoms with Gasteiger partial charge in [-0.25, -0.2) is 14.4 Å². The molecule has 1 aliphatic heterocycles. The molecule has 5 rings (SSSR count). The number of rotatable bonds is 9. The minimum Gasteiger partial charge on any atom is -0.454 e. The molecule has 0 saturated carbocycles. The van der Waals surface area contributed by atoms with Crippen molar-refractivity contribution in [2.24, 2.45) is 0 Å². The number of aromatic nitrogens is 3. The van der Waals surface area contributed by atoms with Gasteiger partial charge in [0.15, 0.2) is 16.7 Å². The normalized spacial score (nSPS) is 12.6. The number of amides is 2. The summed E-state index contributed by atoms with van der Waals surface area (Å²) in [6.07, 6.45) is 3.27. The number of aryl methyl sites for hydroxylation is 2. The highest BCUT2D eigenvalue weighted by molar-refractivity contribution is 7.99. The number of thioether (sulfide) groups is 1. The molecule has 40 heavy (non-hydrogen) atoms. The first-order valence-electron chi connectivity index (χ1n) is 12.4. The van der Waals surface area contributed by atoms with Crippen LogP contribution < -0.4 is 14.8 Å². The Morgan fingerprint density at radius 3 is 2.50 bits per heavy atom. The molecule has 0 bridgehead atoms. The van der Waals surface area contributed by atoms with Crippen LogP contribution >= 0.6 is 11.8 Å². The number of carbonyl (C=O) groups excluding carboxylic acids is 2. The molecule has 0 aliphatic carbocycles. The van der Waals surface area contributed by atoms with E-state index in [1.165, 1.54) is 40.9 Å². The molecular weight excluding hydrogens is 533 g/mol. The molecule has 1 N–H and O–H groups in total. The molecule has 4 aromatic rings. The third-order valence-electron chi connectivity index (χ3n) is 6.07. The van der Waals surface area contributed by atoms with E-state index >= 15 is 0 Å². The predicted octanol–water partition coefficient (Wildman–Crippen LogP) is 4.86. The molecule has 1 aliphatic rings. The van der Waals surface area contributed by atoms with Crippen LogP contribution in [-0.4, -0.2) is 44.2 Å². The summed E-state index contributed by atoms with van der Waals surface area (Å²) in [6.45, 7) is 3.91. The van der Waals surface area contributed by atoms with E-state index in [0.29, 0.717) is 27.9 Å². The second kappa shape index (κ2) is 12.1. The number of nitrogens with one attached hydrogen (secondary N) is 1. The van der Waals surface area contributed by atoms with Crippen molar-refractivity contribution in [1.29, 1.82) is 0 Å². The minimum atomic E-state index is -1.08. The molecule has 0 fully saturated rings. The summed E-state index contributed by atoms with van der Waals surface area (Å²) in [5.41, 5.74) is 3.23. The largest absolute Gasteiger partial charge is 0.454 e. The van der Waals surface area contributed by atoms with Crippen LogP contribution in [0.25, 0.3) is 0 Å². The van der Waals surface area contributed by atoms with Gasteiger partial charge in [-0.3, -0.25) is 14.6 Å². The van der Waals surface area contributed by atoms with Gasteiger partial charge in [0.1, 0.15) is 11.9 Å². The number of halogens is 1. The van der Waals surface area contributed by atoms with Crippen LogP contribution in [0, 0.1) is 19.7 Å². The molecule has 2 aromatic carbocycles. The Balaban J connectivity index is 1.47. The van der Waals surface area contributed by atoms with Crippen molar-refractivity contribution in [2.45, 2.75) is 31.6 Å². The van der Waals surface area contributed by atoms with E-state index in [2.05, 4.69) is 20.3 Å². The van der Waals surface area contributed by atoms with E-state index < -0.39 is 17.8 Å². The zero-order valence-electron chi connectivity index (χ0n) is 21.8. The Labute approximate surface area is 234 Å². The van der Waals surface area contributed by atoms with Crippen LogP contribution in [-0.2, 0) is 16.1 Å². The number of hydrogen-bond acceptors (Lipinski definition) is 8. The average Bonchev–Trinajstić information content (AvgIpc) is 3.40. The molecule has 1 atom stereocenters. The third kappa shape index (κ3) is 6.55. The SMILES string of the molecule is Cc1cc(C)nc(SCC(=O)N(Cc2cccnc2)[C@H](C(=O)Nc2ccc3c(c2)OCO3)c2ccc(F)cc2)n1. The van der Waals surface area contributed by atoms with E-state index in [1.807, 2.05) is 26.0 Å². The van der Waals surface area contributed by atoms with Crippen LogP contribution in [0.2, 0.25) is 0 Å². The molecule has 11 heteroatoms. The maximum atomic E-state index is 13.9. The second-order valence-corrected chi connectivity index (χ2v) is 10.1. The van der Waals surface area contributed by atoms with Gasteiger partial charge in [-0.1, -0.05) is 30.0 Å². The van der Waals surface area contributed by atoms with Crippen LogP contribution in [0.1, 0.15) is 28.6 Å². The lowest BCUT2D eigenvalue weighted by Gasteiger charge is -2.31. The van der Waals surface area contributed by atoms with Gasteiger partial charge in [0.25, 0.3) is 5.91 Å². The topological polar surface area (TPSA) is 107 Å². The zero-order chi connectivity index (χ0) is 28.1. The summed E-state index contributed by atoms with van der Waals surface area (Å²) < 4.78 is 24.7. The molecule has 0 radical (unpaired) electrons. The molecule has 0 saturated heterocycles. The first-order valence-corrected chi connectivity index (χ1v) is 13.4. The molecule has 0 unspecified atom stereocenters. The fourth-order valence-corrected chi connectivity index (χ4v) is 5.12. The Hall–Kier alpha value is -4.51. The lowest BCUT2D eigenvalue weighted by molar-refractivity contribution is -0.137. The smallest absolute Gasteiger partial charge is 0.251 e. The second-order valence-electron chi connectivity index (χ2n) is 9.12. The van der Waals surface area contributed by atoms with Gasteiger partial charge in [0.05, 0.1) is 5.75 Å². The van der Waals surface area contributed by atoms with E-state index in [4.69, 9.17) is 9.47 Å². The van der Waals surface area contributed by atoms with Gasteiger partial charge in [0.2, 0.25) is 12.7 Å². The summed E-state index contributed by atoms with van der Waals surface area (Å²) in [7, 11) is 0. The van der Waals surface area contributed by atoms with Crippen LogP contribution in [0.5, 0.6) is 11.5 Å². The van der Waals surface area contributed by atoms with Crippen LogP contribution in [0.4, 0.5) is 10.1 Å². The summed E-state index contributed by atoms with van der Waals surface area (Å²) >= 11 is 1.19. The van der Waals surface area contributed by atoms with E-state index in [1.54, 1.807) is 36.7 Å². The molecule has 204 valence electrons. The summed E-state index contributed by atoms with van der Waals surface area (Å²) in [5.74, 6) is -0.192. The van der Waals surface area contributed by atoms with E-state index in [-0.39, 0.29) is 25.0 Å². The van der Waals surface area contributed by atoms with Crippen molar-refractivity contribution in [1.82, 2.24) is 19.9 Å². The standard InChI is InChI=1S/C29H26FN5O4S/c1-18-12-19(2)33-29(32-18)40-16-26(36)35(15-20-4-3-11-31-14-20)27(21-5-7-22(30)8-6-21)28(37)34-23-9-10-24-25(13-23)39-17-38-24/h3-14,27H,15-17H2,1-2H3,(H,34,37)/t27-/m0/s1. The van der Waals surface area contributed by atoms with Crippen molar-refractivity contribution in [2.75, 3.05) is 17.9 Å². The highest BCUT2D eigenvalue weighted by Crippen LogP contribution is 2.35. The molecule has 2 amide bonds. The Morgan fingerprint density at radius 2 is 1.77 bits per heavy atom. The van der Waals surface area contributed by atoms with Gasteiger partial charge >= 0.3 is 0 Å². The fraction of sp³-hybridized carbons (Fsp3) is 0.207. The van der Waals surface area contributed by atoms with E-state index in [0.717, 1.165) is 17.0 Å². The molecule has 0 spiro atoms. The quantitative estimate of drug-likeness (QED) is 0.229. The minimum absolute atomic E-state index is 0.0157. The zero-order valence-corrected chi connectivity index (χ0v) is 22.7. The summed E-state index contributed by atoms with van der Waals surface area (Å²) in [5, 5.41) is 3.35. The van der Waals surface area contributed by atoms with Crippen molar-refractivity contribution < 1.29 is 23.5 Å². The number of anilines is 1. The molecule has 3 heterocycles. The highest BCUT2D eigenvalue weighted by Gasteiger charge is 2.32. The molecule has 2 aromatic heterocycles. The lowest BCUT2D eigenvalue weighted by Crippen LogP contribution is -2.41. The first-order chi connectivity index (χ1) is 19.4. The number of carbonyl (C=O) groups is 2. The van der Waals surface area contributed by atoms with Crippen molar-refractivity contribution >= 4 is 29.3 Å². The Morgan fingerprint density at radius 1 is 1.02 bits per heavy atom. The van der Waals surface area contributed by atoms with Gasteiger partial charge in [0, 0.05) is 42.1 Å². The van der Waals surface area contributed by atoms with E-state index in [9.17, 15) is 14.0 Å². The maximum Gasteiger partial charge on any atom is 0.251 e. The molecule has 9 nitrogen and oxygen atoms in total. The number of benzene rings is 2. The monoisotopic (exact) mass is 559 g/mol. The van der Waals surface area contributed by atoms with Crippen molar-refractivity contribution in [3.63, 3.8) is 0 Å².